The van der Waals surface area contributed by atoms with Crippen LogP contribution in [0, 0.1) is 0 Å². The summed E-state index contributed by atoms with van der Waals surface area (Å²) in [5.41, 5.74) is 1.02. The van der Waals surface area contributed by atoms with Crippen LogP contribution in [0.15, 0.2) is 60.4 Å². The van der Waals surface area contributed by atoms with Crippen LogP contribution in [-0.4, -0.2) is 35.1 Å². The van der Waals surface area contributed by atoms with Gasteiger partial charge in [-0.3, -0.25) is 9.59 Å². The Kier molecular flexibility index (Phi) is 10.7. The van der Waals surface area contributed by atoms with Crippen LogP contribution in [0.5, 0.6) is 0 Å². The van der Waals surface area contributed by atoms with Gasteiger partial charge in [0.2, 0.25) is 11.9 Å². The van der Waals surface area contributed by atoms with Gasteiger partial charge in [0.05, 0.1) is 0 Å². The van der Waals surface area contributed by atoms with E-state index in [1.807, 2.05) is 0 Å². The first-order valence-electron chi connectivity index (χ1n) is 12.6. The highest BCUT2D eigenvalue weighted by atomic mass is 32.2. The summed E-state index contributed by atoms with van der Waals surface area (Å²) in [4.78, 5) is 35.3. The van der Waals surface area contributed by atoms with E-state index in [0.717, 1.165) is 11.1 Å². The number of aromatic nitrogens is 3. The highest BCUT2D eigenvalue weighted by Crippen LogP contribution is 2.34. The summed E-state index contributed by atoms with van der Waals surface area (Å²) >= 11 is 0. The fourth-order valence-electron chi connectivity index (χ4n) is 3.61. The van der Waals surface area contributed by atoms with Gasteiger partial charge in [-0.15, -0.1) is 0 Å². The Hall–Kier alpha value is -4.61. The highest BCUT2D eigenvalue weighted by molar-refractivity contribution is 7.90. The first kappa shape index (κ1) is 32.9. The highest BCUT2D eigenvalue weighted by Gasteiger charge is 2.35. The number of allylic oxidation sites excluding steroid dienone is 2. The molecule has 0 aliphatic carbocycles. The van der Waals surface area contributed by atoms with Gasteiger partial charge >= 0.3 is 16.4 Å². The second-order valence-corrected chi connectivity index (χ2v) is 10.8. The predicted octanol–water partition coefficient (Wildman–Crippen LogP) is 3.06. The number of pyridine rings is 1. The number of hydrazine groups is 1. The van der Waals surface area contributed by atoms with Crippen molar-refractivity contribution in [3.8, 4) is 0 Å². The van der Waals surface area contributed by atoms with Crippen molar-refractivity contribution in [1.29, 1.82) is 0 Å². The van der Waals surface area contributed by atoms with Gasteiger partial charge in [-0.2, -0.15) is 31.0 Å². The summed E-state index contributed by atoms with van der Waals surface area (Å²) in [6.45, 7) is 3.47. The number of benzene rings is 1. The molecule has 0 atom stereocenters. The molecular formula is C26H30F3N9O4S. The lowest BCUT2D eigenvalue weighted by Gasteiger charge is -2.19. The van der Waals surface area contributed by atoms with Crippen LogP contribution in [0.3, 0.4) is 0 Å². The van der Waals surface area contributed by atoms with E-state index in [1.165, 1.54) is 24.4 Å². The van der Waals surface area contributed by atoms with Crippen molar-refractivity contribution in [2.75, 3.05) is 15.0 Å². The summed E-state index contributed by atoms with van der Waals surface area (Å²) < 4.78 is 64.5. The number of nitrogens with two attached hydrogens (primary N) is 2. The number of hydrogen-bond donors (Lipinski definition) is 5. The number of alkyl halides is 3. The summed E-state index contributed by atoms with van der Waals surface area (Å²) in [7, 11) is -4.38. The van der Waals surface area contributed by atoms with E-state index >= 15 is 0 Å². The molecule has 0 saturated carbocycles. The van der Waals surface area contributed by atoms with E-state index in [9.17, 15) is 31.2 Å². The Morgan fingerprint density at radius 3 is 2.37 bits per heavy atom. The maximum Gasteiger partial charge on any atom is 0.421 e. The average molecular weight is 622 g/mol. The van der Waals surface area contributed by atoms with Crippen molar-refractivity contribution in [3.63, 3.8) is 0 Å². The smallest absolute Gasteiger partial charge is 0.365 e. The minimum Gasteiger partial charge on any atom is -0.365 e. The minimum atomic E-state index is -4.80. The maximum atomic E-state index is 13.7. The van der Waals surface area contributed by atoms with Crippen LogP contribution >= 0.6 is 0 Å². The minimum absolute atomic E-state index is 0.0581. The van der Waals surface area contributed by atoms with E-state index in [-0.39, 0.29) is 59.4 Å². The molecule has 2 heterocycles. The van der Waals surface area contributed by atoms with Crippen LogP contribution in [-0.2, 0) is 39.1 Å². The second kappa shape index (κ2) is 14.0. The molecule has 0 bridgehead atoms. The van der Waals surface area contributed by atoms with Crippen LogP contribution in [0.2, 0.25) is 0 Å². The van der Waals surface area contributed by atoms with Crippen molar-refractivity contribution < 1.29 is 31.2 Å². The third-order valence-corrected chi connectivity index (χ3v) is 6.36. The summed E-state index contributed by atoms with van der Waals surface area (Å²) in [5, 5.41) is 13.1. The van der Waals surface area contributed by atoms with Crippen LogP contribution in [0.25, 0.3) is 0 Å². The topological polar surface area (TPSA) is 198 Å². The molecule has 7 N–H and O–H groups in total. The molecule has 1 amide bonds. The molecule has 0 spiro atoms. The zero-order valence-electron chi connectivity index (χ0n) is 23.1. The third kappa shape index (κ3) is 10.0. The molecule has 3 rings (SSSR count). The molecule has 0 radical (unpaired) electrons. The lowest BCUT2D eigenvalue weighted by Crippen LogP contribution is -2.43. The van der Waals surface area contributed by atoms with Crippen LogP contribution < -0.4 is 31.3 Å². The zero-order valence-corrected chi connectivity index (χ0v) is 24.0. The lowest BCUT2D eigenvalue weighted by atomic mass is 10.1. The van der Waals surface area contributed by atoms with Crippen molar-refractivity contribution in [3.05, 3.63) is 77.1 Å². The molecule has 0 aliphatic heterocycles. The standard InChI is InChI=1S/C26H30F3N9O4S/c1-16(2)12-20(39)9-10-22(40)33-13-17-5-7-19(8-6-17)36-25-35-15-21(26(27,28)29)23(37-25)34-14-18-4-3-11-32-24(18)38(30)43(31,41)42/h3-8,11-12,15H,9-10,13-14,30H2,1-2H3,(H,33,40)(H2,31,41,42)(H2,34,35,36,37). The van der Waals surface area contributed by atoms with Gasteiger partial charge in [-0.25, -0.2) is 20.9 Å². The average Bonchev–Trinajstić information content (AvgIpc) is 2.93. The summed E-state index contributed by atoms with van der Waals surface area (Å²) in [6, 6.07) is 9.47. The number of carbonyl (C=O) groups excluding carboxylic acids is 2. The Bertz CT molecular complexity index is 1590. The quantitative estimate of drug-likeness (QED) is 0.107. The fourth-order valence-corrected chi connectivity index (χ4v) is 4.01. The second-order valence-electron chi connectivity index (χ2n) is 9.42. The number of carbonyl (C=O) groups is 2. The Balaban J connectivity index is 1.68. The molecule has 13 nitrogen and oxygen atoms in total. The molecule has 17 heteroatoms. The van der Waals surface area contributed by atoms with Gasteiger partial charge in [0.25, 0.3) is 0 Å². The van der Waals surface area contributed by atoms with E-state index in [2.05, 4.69) is 30.9 Å². The molecule has 0 unspecified atom stereocenters. The number of rotatable bonds is 13. The maximum absolute atomic E-state index is 13.7. The molecule has 43 heavy (non-hydrogen) atoms. The molecule has 2 aromatic heterocycles. The number of nitrogens with one attached hydrogen (secondary N) is 3. The Labute approximate surface area is 245 Å². The zero-order chi connectivity index (χ0) is 31.8. The number of nitrogens with zero attached hydrogens (tertiary/aromatic N) is 4. The van der Waals surface area contributed by atoms with Crippen molar-refractivity contribution in [2.45, 2.75) is 46.0 Å². The molecule has 0 fully saturated rings. The molecule has 0 saturated heterocycles. The van der Waals surface area contributed by atoms with Gasteiger partial charge < -0.3 is 16.0 Å². The van der Waals surface area contributed by atoms with Gasteiger partial charge in [0.1, 0.15) is 11.4 Å². The Morgan fingerprint density at radius 2 is 1.74 bits per heavy atom. The lowest BCUT2D eigenvalue weighted by molar-refractivity contribution is -0.137. The van der Waals surface area contributed by atoms with E-state index in [4.69, 9.17) is 11.0 Å². The summed E-state index contributed by atoms with van der Waals surface area (Å²) in [6.07, 6.45) is -1.30. The molecule has 3 aromatic rings. The first-order valence-corrected chi connectivity index (χ1v) is 14.1. The van der Waals surface area contributed by atoms with Crippen molar-refractivity contribution >= 4 is 45.2 Å². The van der Waals surface area contributed by atoms with Crippen molar-refractivity contribution in [2.24, 2.45) is 11.0 Å². The molecular weight excluding hydrogens is 591 g/mol. The number of halogens is 3. The van der Waals surface area contributed by atoms with E-state index in [0.29, 0.717) is 11.9 Å². The predicted molar refractivity (Wildman–Crippen MR) is 154 cm³/mol. The van der Waals surface area contributed by atoms with E-state index < -0.39 is 27.8 Å². The monoisotopic (exact) mass is 621 g/mol. The Morgan fingerprint density at radius 1 is 1.05 bits per heavy atom. The normalized spacial score (nSPS) is 11.4. The third-order valence-electron chi connectivity index (χ3n) is 5.64. The fraction of sp³-hybridized carbons (Fsp3) is 0.269. The number of amides is 1. The summed E-state index contributed by atoms with van der Waals surface area (Å²) in [5.74, 6) is 4.08. The molecule has 230 valence electrons. The van der Waals surface area contributed by atoms with Crippen LogP contribution in [0.1, 0.15) is 43.4 Å². The van der Waals surface area contributed by atoms with Crippen molar-refractivity contribution in [1.82, 2.24) is 20.3 Å². The van der Waals surface area contributed by atoms with Crippen LogP contribution in [0.4, 0.5) is 36.4 Å². The van der Waals surface area contributed by atoms with Gasteiger partial charge in [-0.05, 0) is 43.7 Å². The van der Waals surface area contributed by atoms with Gasteiger partial charge in [0, 0.05) is 49.6 Å². The SMILES string of the molecule is CC(C)=CC(=O)CCC(=O)NCc1ccc(Nc2ncc(C(F)(F)F)c(NCc3cccnc3N(N)S(N)(=O)=O)n2)cc1. The number of hydrogen-bond acceptors (Lipinski definition) is 10. The van der Waals surface area contributed by atoms with Gasteiger partial charge in [0.15, 0.2) is 11.6 Å². The first-order chi connectivity index (χ1) is 20.1. The van der Waals surface area contributed by atoms with Gasteiger partial charge in [-0.1, -0.05) is 23.8 Å². The van der Waals surface area contributed by atoms with E-state index in [1.54, 1.807) is 38.1 Å². The number of ketones is 1. The largest absolute Gasteiger partial charge is 0.421 e. The molecule has 1 aromatic carbocycles. The molecule has 0 aliphatic rings. The number of anilines is 4.